The zero-order valence-electron chi connectivity index (χ0n) is 18.4. The van der Waals surface area contributed by atoms with E-state index in [0.29, 0.717) is 33.7 Å². The van der Waals surface area contributed by atoms with Gasteiger partial charge in [0.1, 0.15) is 34.0 Å². The molecular weight excluding hydrogens is 438 g/mol. The van der Waals surface area contributed by atoms with Crippen molar-refractivity contribution >= 4 is 39.3 Å². The number of fused-ring (bicyclic) bond motifs is 3. The van der Waals surface area contributed by atoms with Gasteiger partial charge in [-0.1, -0.05) is 18.2 Å². The number of hydrogen-bond donors (Lipinski definition) is 4. The van der Waals surface area contributed by atoms with Crippen LogP contribution in [0.15, 0.2) is 53.5 Å². The third-order valence-corrected chi connectivity index (χ3v) is 5.42. The number of amides is 1. The summed E-state index contributed by atoms with van der Waals surface area (Å²) < 4.78 is 12.8. The minimum Gasteiger partial charge on any atom is -0.497 e. The molecule has 0 atom stereocenters. The molecule has 1 amide bonds. The Kier molecular flexibility index (Phi) is 5.13. The van der Waals surface area contributed by atoms with Crippen LogP contribution in [0.2, 0.25) is 0 Å². The van der Waals surface area contributed by atoms with E-state index in [1.165, 1.54) is 18.0 Å². The Bertz CT molecular complexity index is 1590. The number of nitrogen functional groups attached to an aromatic ring is 1. The number of nitrogens with one attached hydrogen (secondary N) is 3. The predicted octanol–water partition coefficient (Wildman–Crippen LogP) is 2.51. The van der Waals surface area contributed by atoms with E-state index in [4.69, 9.17) is 15.2 Å². The van der Waals surface area contributed by atoms with Crippen LogP contribution in [-0.4, -0.2) is 44.6 Å². The number of aromatic nitrogens is 5. The molecule has 5 aromatic rings. The Hall–Kier alpha value is -4.80. The van der Waals surface area contributed by atoms with Crippen molar-refractivity contribution in [3.8, 4) is 17.2 Å². The van der Waals surface area contributed by atoms with Crippen LogP contribution < -0.4 is 26.1 Å². The van der Waals surface area contributed by atoms with Gasteiger partial charge in [-0.2, -0.15) is 10.2 Å². The molecule has 0 radical (unpaired) electrons. The molecule has 5 rings (SSSR count). The molecule has 0 fully saturated rings. The highest BCUT2D eigenvalue weighted by atomic mass is 16.5. The molecule has 0 saturated heterocycles. The standard InChI is InChI=1S/C23H21N7O4/c1-12-5-3-4-6-15(12)30-22(24)20-21(29-30)19-14(26-23(20)32)9-13(33-2)10-16(19)34-11-18(31)27-17-7-8-25-28-17/h3-10H,11,24H2,1-2H3,(H,26,32)(H2,25,27,28,31). The lowest BCUT2D eigenvalue weighted by Gasteiger charge is -2.11. The van der Waals surface area contributed by atoms with Gasteiger partial charge in [-0.25, -0.2) is 4.68 Å². The Morgan fingerprint density at radius 3 is 2.76 bits per heavy atom. The highest BCUT2D eigenvalue weighted by Crippen LogP contribution is 2.36. The average molecular weight is 459 g/mol. The number of nitrogens with two attached hydrogens (primary N) is 1. The van der Waals surface area contributed by atoms with Gasteiger partial charge in [-0.15, -0.1) is 0 Å². The maximum absolute atomic E-state index is 13.0. The van der Waals surface area contributed by atoms with Crippen LogP contribution in [0.3, 0.4) is 0 Å². The number of anilines is 2. The predicted molar refractivity (Wildman–Crippen MR) is 128 cm³/mol. The molecule has 3 heterocycles. The summed E-state index contributed by atoms with van der Waals surface area (Å²) in [6.45, 7) is 1.64. The largest absolute Gasteiger partial charge is 0.497 e. The first-order valence-electron chi connectivity index (χ1n) is 10.4. The summed E-state index contributed by atoms with van der Waals surface area (Å²) in [6, 6.07) is 12.5. The zero-order valence-corrected chi connectivity index (χ0v) is 18.4. The van der Waals surface area contributed by atoms with Crippen molar-refractivity contribution in [1.29, 1.82) is 0 Å². The first-order valence-corrected chi connectivity index (χ1v) is 10.4. The first kappa shape index (κ1) is 21.1. The Balaban J connectivity index is 1.65. The minimum atomic E-state index is -0.397. The second kappa shape index (κ2) is 8.28. The van der Waals surface area contributed by atoms with E-state index in [0.717, 1.165) is 11.3 Å². The summed E-state index contributed by atoms with van der Waals surface area (Å²) in [4.78, 5) is 28.1. The normalized spacial score (nSPS) is 11.1. The van der Waals surface area contributed by atoms with Crippen molar-refractivity contribution in [1.82, 2.24) is 25.0 Å². The van der Waals surface area contributed by atoms with E-state index in [1.807, 2.05) is 31.2 Å². The first-order chi connectivity index (χ1) is 16.5. The van der Waals surface area contributed by atoms with Gasteiger partial charge in [0, 0.05) is 18.2 Å². The third-order valence-electron chi connectivity index (χ3n) is 5.42. The van der Waals surface area contributed by atoms with Crippen LogP contribution in [0.1, 0.15) is 5.56 Å². The second-order valence-corrected chi connectivity index (χ2v) is 7.62. The number of carbonyl (C=O) groups is 1. The van der Waals surface area contributed by atoms with E-state index in [9.17, 15) is 9.59 Å². The molecule has 34 heavy (non-hydrogen) atoms. The van der Waals surface area contributed by atoms with Crippen LogP contribution in [0, 0.1) is 6.92 Å². The number of H-pyrrole nitrogens is 2. The fourth-order valence-corrected chi connectivity index (χ4v) is 3.82. The quantitative estimate of drug-likeness (QED) is 0.304. The number of hydrogen-bond acceptors (Lipinski definition) is 7. The fraction of sp³-hybridized carbons (Fsp3) is 0.130. The van der Waals surface area contributed by atoms with Crippen LogP contribution in [0.5, 0.6) is 11.5 Å². The molecule has 0 bridgehead atoms. The van der Waals surface area contributed by atoms with Gasteiger partial charge in [0.15, 0.2) is 6.61 Å². The average Bonchev–Trinajstić information content (AvgIpc) is 3.45. The van der Waals surface area contributed by atoms with Crippen molar-refractivity contribution in [3.05, 3.63) is 64.6 Å². The highest BCUT2D eigenvalue weighted by Gasteiger charge is 2.21. The molecule has 11 heteroatoms. The molecule has 11 nitrogen and oxygen atoms in total. The third kappa shape index (κ3) is 3.58. The molecule has 5 N–H and O–H groups in total. The molecular formula is C23H21N7O4. The van der Waals surface area contributed by atoms with Gasteiger partial charge in [0.2, 0.25) is 0 Å². The number of methoxy groups -OCH3 is 1. The van der Waals surface area contributed by atoms with E-state index in [2.05, 4.69) is 25.6 Å². The van der Waals surface area contributed by atoms with Gasteiger partial charge >= 0.3 is 0 Å². The maximum atomic E-state index is 13.0. The van der Waals surface area contributed by atoms with Crippen molar-refractivity contribution in [3.63, 3.8) is 0 Å². The van der Waals surface area contributed by atoms with E-state index < -0.39 is 11.5 Å². The monoisotopic (exact) mass is 459 g/mol. The summed E-state index contributed by atoms with van der Waals surface area (Å²) >= 11 is 0. The van der Waals surface area contributed by atoms with Gasteiger partial charge in [-0.05, 0) is 18.6 Å². The minimum absolute atomic E-state index is 0.200. The second-order valence-electron chi connectivity index (χ2n) is 7.62. The molecule has 0 aliphatic rings. The number of nitrogens with zero attached hydrogens (tertiary/aromatic N) is 3. The van der Waals surface area contributed by atoms with Crippen molar-refractivity contribution in [2.75, 3.05) is 24.8 Å². The summed E-state index contributed by atoms with van der Waals surface area (Å²) in [6.07, 6.45) is 1.52. The highest BCUT2D eigenvalue weighted by molar-refractivity contribution is 6.10. The van der Waals surface area contributed by atoms with Crippen LogP contribution in [0.4, 0.5) is 11.6 Å². The molecule has 0 aliphatic carbocycles. The van der Waals surface area contributed by atoms with E-state index in [-0.39, 0.29) is 17.8 Å². The molecule has 3 aromatic heterocycles. The molecule has 0 saturated carbocycles. The van der Waals surface area contributed by atoms with Gasteiger partial charge in [-0.3, -0.25) is 14.7 Å². The van der Waals surface area contributed by atoms with Gasteiger partial charge in [0.25, 0.3) is 11.5 Å². The van der Waals surface area contributed by atoms with E-state index >= 15 is 0 Å². The molecule has 0 spiro atoms. The van der Waals surface area contributed by atoms with E-state index in [1.54, 1.807) is 18.2 Å². The SMILES string of the molecule is COc1cc(OCC(=O)Nc2ccn[nH]2)c2c(c1)[nH]c(=O)c1c(N)n(-c3ccccc3C)nc12. The number of pyridine rings is 1. The number of para-hydroxylation sites is 1. The summed E-state index contributed by atoms with van der Waals surface area (Å²) in [5.74, 6) is 1.00. The number of rotatable bonds is 6. The van der Waals surface area contributed by atoms with Crippen molar-refractivity contribution in [2.45, 2.75) is 6.92 Å². The number of aryl methyl sites for hydroxylation is 1. The lowest BCUT2D eigenvalue weighted by molar-refractivity contribution is -0.118. The van der Waals surface area contributed by atoms with Crippen molar-refractivity contribution in [2.24, 2.45) is 0 Å². The number of ether oxygens (including phenoxy) is 2. The molecule has 0 aliphatic heterocycles. The zero-order chi connectivity index (χ0) is 23.8. The van der Waals surface area contributed by atoms with Crippen LogP contribution in [0.25, 0.3) is 27.5 Å². The van der Waals surface area contributed by atoms with Gasteiger partial charge in [0.05, 0.1) is 29.9 Å². The van der Waals surface area contributed by atoms with Crippen molar-refractivity contribution < 1.29 is 14.3 Å². The summed E-state index contributed by atoms with van der Waals surface area (Å²) in [5.41, 5.74) is 8.47. The summed E-state index contributed by atoms with van der Waals surface area (Å²) in [7, 11) is 1.50. The number of benzene rings is 2. The Morgan fingerprint density at radius 1 is 1.21 bits per heavy atom. The van der Waals surface area contributed by atoms with Crippen LogP contribution >= 0.6 is 0 Å². The number of aromatic amines is 2. The Labute approximate surface area is 192 Å². The smallest absolute Gasteiger partial charge is 0.263 e. The Morgan fingerprint density at radius 2 is 2.03 bits per heavy atom. The summed E-state index contributed by atoms with van der Waals surface area (Å²) in [5, 5.41) is 14.5. The topological polar surface area (TPSA) is 153 Å². The fourth-order valence-electron chi connectivity index (χ4n) is 3.82. The lowest BCUT2D eigenvalue weighted by atomic mass is 10.1. The molecule has 2 aromatic carbocycles. The molecule has 172 valence electrons. The maximum Gasteiger partial charge on any atom is 0.263 e. The lowest BCUT2D eigenvalue weighted by Crippen LogP contribution is -2.20. The molecule has 0 unspecified atom stereocenters. The van der Waals surface area contributed by atoms with Crippen LogP contribution in [-0.2, 0) is 4.79 Å². The number of carbonyl (C=O) groups excluding carboxylic acids is 1. The van der Waals surface area contributed by atoms with Gasteiger partial charge < -0.3 is 25.5 Å².